The van der Waals surface area contributed by atoms with Crippen molar-refractivity contribution in [2.75, 3.05) is 12.3 Å². The smallest absolute Gasteiger partial charge is 0.406 e. The molecule has 1 aliphatic heterocycles. The number of thioether (sulfide) groups is 1. The van der Waals surface area contributed by atoms with Crippen LogP contribution < -0.4 is 21.1 Å². The van der Waals surface area contributed by atoms with Gasteiger partial charge in [-0.2, -0.15) is 0 Å². The standard InChI is InChI=1S/C15H20F3NO.C8H6N4O2S/c16-15(17,18)20-14-8-6-12(7-9-14)10-11-19-13-4-2-1-3-5-13;9-7-10-2-1-4(11-7)3-5-6(13)12-8(14)15-5/h6-9,13,19H,1-5,10-11H2;1-3H,(H2,9,10,11)(H,12,13,14)/b;5-3-. The van der Waals surface area contributed by atoms with Crippen LogP contribution in [0.25, 0.3) is 6.08 Å². The summed E-state index contributed by atoms with van der Waals surface area (Å²) in [5.41, 5.74) is 6.88. The lowest BCUT2D eigenvalue weighted by molar-refractivity contribution is -0.274. The summed E-state index contributed by atoms with van der Waals surface area (Å²) in [4.78, 5) is 29.9. The zero-order chi connectivity index (χ0) is 25.3. The molecule has 2 aromatic rings. The lowest BCUT2D eigenvalue weighted by atomic mass is 9.95. The van der Waals surface area contributed by atoms with Gasteiger partial charge in [-0.3, -0.25) is 14.9 Å². The molecule has 2 heterocycles. The summed E-state index contributed by atoms with van der Waals surface area (Å²) in [6.45, 7) is 0.865. The summed E-state index contributed by atoms with van der Waals surface area (Å²) in [5.74, 6) is -0.456. The van der Waals surface area contributed by atoms with E-state index in [-0.39, 0.29) is 16.9 Å². The second-order valence-electron chi connectivity index (χ2n) is 7.92. The molecule has 188 valence electrons. The Kier molecular flexibility index (Phi) is 9.49. The maximum atomic E-state index is 12.0. The maximum absolute atomic E-state index is 12.0. The number of amides is 2. The summed E-state index contributed by atoms with van der Waals surface area (Å²) >= 11 is 0.835. The van der Waals surface area contributed by atoms with Crippen LogP contribution >= 0.6 is 11.8 Å². The van der Waals surface area contributed by atoms with Crippen LogP contribution in [0, 0.1) is 0 Å². The molecule has 0 bridgehead atoms. The highest BCUT2D eigenvalue weighted by molar-refractivity contribution is 8.18. The normalized spacial score (nSPS) is 17.6. The number of carbonyl (C=O) groups is 2. The lowest BCUT2D eigenvalue weighted by Crippen LogP contribution is -2.32. The zero-order valence-corrected chi connectivity index (χ0v) is 19.6. The first-order valence-corrected chi connectivity index (χ1v) is 11.9. The molecule has 2 amide bonds. The SMILES string of the molecule is FC(F)(F)Oc1ccc(CCNC2CCCCC2)cc1.Nc1nccc(/C=C2\SC(=O)NC2=O)n1. The van der Waals surface area contributed by atoms with Crippen molar-refractivity contribution in [3.8, 4) is 5.75 Å². The first-order chi connectivity index (χ1) is 16.7. The predicted molar refractivity (Wildman–Crippen MR) is 127 cm³/mol. The van der Waals surface area contributed by atoms with Crippen molar-refractivity contribution in [2.45, 2.75) is 50.9 Å². The number of halogens is 3. The quantitative estimate of drug-likeness (QED) is 0.490. The average Bonchev–Trinajstić information content (AvgIpc) is 3.11. The maximum Gasteiger partial charge on any atom is 0.573 e. The van der Waals surface area contributed by atoms with Crippen molar-refractivity contribution in [2.24, 2.45) is 0 Å². The number of carbonyl (C=O) groups excluding carboxylic acids is 2. The molecular formula is C23H26F3N5O3S. The van der Waals surface area contributed by atoms with E-state index in [0.29, 0.717) is 16.6 Å². The molecular weight excluding hydrogens is 483 g/mol. The van der Waals surface area contributed by atoms with E-state index >= 15 is 0 Å². The van der Waals surface area contributed by atoms with Crippen LogP contribution in [0.4, 0.5) is 23.9 Å². The van der Waals surface area contributed by atoms with Crippen LogP contribution in [0.1, 0.15) is 43.4 Å². The number of ether oxygens (including phenoxy) is 1. The molecule has 0 radical (unpaired) electrons. The molecule has 1 aliphatic carbocycles. The van der Waals surface area contributed by atoms with E-state index in [1.165, 1.54) is 56.5 Å². The second kappa shape index (κ2) is 12.5. The zero-order valence-electron chi connectivity index (χ0n) is 18.8. The Morgan fingerprint density at radius 3 is 2.46 bits per heavy atom. The Labute approximate surface area is 204 Å². The van der Waals surface area contributed by atoms with Gasteiger partial charge in [0.05, 0.1) is 10.6 Å². The molecule has 8 nitrogen and oxygen atoms in total. The molecule has 4 rings (SSSR count). The van der Waals surface area contributed by atoms with Gasteiger partial charge in [0, 0.05) is 12.2 Å². The lowest BCUT2D eigenvalue weighted by Gasteiger charge is -2.22. The number of hydrogen-bond donors (Lipinski definition) is 3. The number of nitrogens with two attached hydrogens (primary N) is 1. The third-order valence-corrected chi connectivity index (χ3v) is 6.04. The average molecular weight is 510 g/mol. The summed E-state index contributed by atoms with van der Waals surface area (Å²) in [6, 6.07) is 8.30. The van der Waals surface area contributed by atoms with E-state index in [1.54, 1.807) is 18.2 Å². The van der Waals surface area contributed by atoms with Crippen molar-refractivity contribution >= 4 is 34.9 Å². The number of benzene rings is 1. The van der Waals surface area contributed by atoms with Gasteiger partial charge in [0.25, 0.3) is 11.1 Å². The molecule has 0 spiro atoms. The second-order valence-corrected chi connectivity index (χ2v) is 8.94. The minimum Gasteiger partial charge on any atom is -0.406 e. The Balaban J connectivity index is 0.000000203. The monoisotopic (exact) mass is 509 g/mol. The van der Waals surface area contributed by atoms with E-state index in [2.05, 4.69) is 25.3 Å². The van der Waals surface area contributed by atoms with E-state index in [9.17, 15) is 22.8 Å². The van der Waals surface area contributed by atoms with Crippen molar-refractivity contribution in [1.82, 2.24) is 20.6 Å². The van der Waals surface area contributed by atoms with Gasteiger partial charge >= 0.3 is 6.36 Å². The van der Waals surface area contributed by atoms with Gasteiger partial charge in [0.2, 0.25) is 5.95 Å². The highest BCUT2D eigenvalue weighted by Crippen LogP contribution is 2.25. The van der Waals surface area contributed by atoms with Gasteiger partial charge in [-0.25, -0.2) is 9.97 Å². The number of nitrogens with one attached hydrogen (secondary N) is 2. The number of anilines is 1. The first-order valence-electron chi connectivity index (χ1n) is 11.1. The Morgan fingerprint density at radius 2 is 1.86 bits per heavy atom. The fourth-order valence-electron chi connectivity index (χ4n) is 3.61. The van der Waals surface area contributed by atoms with Crippen molar-refractivity contribution in [3.63, 3.8) is 0 Å². The van der Waals surface area contributed by atoms with Gasteiger partial charge < -0.3 is 15.8 Å². The predicted octanol–water partition coefficient (Wildman–Crippen LogP) is 4.43. The number of alkyl halides is 3. The van der Waals surface area contributed by atoms with E-state index in [4.69, 9.17) is 5.73 Å². The number of rotatable bonds is 6. The van der Waals surface area contributed by atoms with E-state index < -0.39 is 12.3 Å². The Bertz CT molecular complexity index is 1040. The van der Waals surface area contributed by atoms with Gasteiger partial charge in [0.1, 0.15) is 5.75 Å². The molecule has 2 fully saturated rings. The number of aromatic nitrogens is 2. The summed E-state index contributed by atoms with van der Waals surface area (Å²) in [6.07, 6.45) is 5.56. The van der Waals surface area contributed by atoms with Crippen molar-refractivity contribution < 1.29 is 27.5 Å². The third-order valence-electron chi connectivity index (χ3n) is 5.23. The Hall–Kier alpha value is -3.12. The van der Waals surface area contributed by atoms with Gasteiger partial charge in [-0.15, -0.1) is 13.2 Å². The molecule has 1 aromatic carbocycles. The number of imide groups is 1. The topological polar surface area (TPSA) is 119 Å². The molecule has 0 atom stereocenters. The van der Waals surface area contributed by atoms with Crippen LogP contribution in [0.15, 0.2) is 41.4 Å². The fraction of sp³-hybridized carbons (Fsp3) is 0.391. The summed E-state index contributed by atoms with van der Waals surface area (Å²) in [5, 5.41) is 5.27. The van der Waals surface area contributed by atoms with Gasteiger partial charge in [-0.1, -0.05) is 31.4 Å². The Morgan fingerprint density at radius 1 is 1.14 bits per heavy atom. The van der Waals surface area contributed by atoms with Crippen LogP contribution in [0.5, 0.6) is 5.75 Å². The summed E-state index contributed by atoms with van der Waals surface area (Å²) < 4.78 is 39.9. The van der Waals surface area contributed by atoms with Crippen LogP contribution in [-0.2, 0) is 11.2 Å². The van der Waals surface area contributed by atoms with Gasteiger partial charge in [-0.05, 0) is 67.4 Å². The number of hydrogen-bond acceptors (Lipinski definition) is 8. The number of nitrogen functional groups attached to an aromatic ring is 1. The molecule has 0 unspecified atom stereocenters. The third kappa shape index (κ3) is 9.57. The fourth-order valence-corrected chi connectivity index (χ4v) is 4.28. The highest BCUT2D eigenvalue weighted by atomic mass is 32.2. The van der Waals surface area contributed by atoms with Crippen molar-refractivity contribution in [1.29, 1.82) is 0 Å². The molecule has 1 aromatic heterocycles. The molecule has 1 saturated carbocycles. The molecule has 1 saturated heterocycles. The van der Waals surface area contributed by atoms with Crippen LogP contribution in [0.3, 0.4) is 0 Å². The van der Waals surface area contributed by atoms with Crippen molar-refractivity contribution in [3.05, 3.63) is 52.7 Å². The minimum absolute atomic E-state index is 0.124. The first kappa shape index (κ1) is 26.5. The van der Waals surface area contributed by atoms with E-state index in [0.717, 1.165) is 30.3 Å². The van der Waals surface area contributed by atoms with Crippen LogP contribution in [0.2, 0.25) is 0 Å². The highest BCUT2D eigenvalue weighted by Gasteiger charge is 2.31. The van der Waals surface area contributed by atoms with E-state index in [1.807, 2.05) is 0 Å². The number of nitrogens with zero attached hydrogens (tertiary/aromatic N) is 2. The summed E-state index contributed by atoms with van der Waals surface area (Å²) in [7, 11) is 0. The largest absolute Gasteiger partial charge is 0.573 e. The van der Waals surface area contributed by atoms with Gasteiger partial charge in [0.15, 0.2) is 0 Å². The van der Waals surface area contributed by atoms with Crippen LogP contribution in [-0.4, -0.2) is 40.1 Å². The molecule has 35 heavy (non-hydrogen) atoms. The molecule has 2 aliphatic rings. The minimum atomic E-state index is -4.62. The molecule has 12 heteroatoms. The molecule has 4 N–H and O–H groups in total.